The van der Waals surface area contributed by atoms with Crippen LogP contribution < -0.4 is 5.73 Å². The summed E-state index contributed by atoms with van der Waals surface area (Å²) in [5.41, 5.74) is 6.36. The summed E-state index contributed by atoms with van der Waals surface area (Å²) in [6.07, 6.45) is -0.465. The van der Waals surface area contributed by atoms with Gasteiger partial charge in [0.1, 0.15) is 6.04 Å². The Hall–Kier alpha value is -1.71. The van der Waals surface area contributed by atoms with E-state index in [-0.39, 0.29) is 19.2 Å². The monoisotopic (exact) mass is 298 g/mol. The molecule has 2 unspecified atom stereocenters. The topological polar surface area (TPSA) is 134 Å². The Balaban J connectivity index is 2.48. The summed E-state index contributed by atoms with van der Waals surface area (Å²) in [5.74, 6) is -1.22. The van der Waals surface area contributed by atoms with E-state index in [2.05, 4.69) is 0 Å². The normalized spacial score (nSPS) is 15.1. The lowest BCUT2D eigenvalue weighted by atomic mass is 10.2. The number of nitrogens with two attached hydrogens (primary N) is 1. The predicted molar refractivity (Wildman–Crippen MR) is 70.9 cm³/mol. The van der Waals surface area contributed by atoms with E-state index in [0.29, 0.717) is 11.1 Å². The maximum atomic E-state index is 11.7. The van der Waals surface area contributed by atoms with Crippen LogP contribution in [-0.2, 0) is 20.5 Å². The minimum Gasteiger partial charge on any atom is -0.480 e. The van der Waals surface area contributed by atoms with Gasteiger partial charge in [-0.2, -0.15) is 5.26 Å². The van der Waals surface area contributed by atoms with Crippen LogP contribution in [0.4, 0.5) is 0 Å². The third-order valence-corrected chi connectivity index (χ3v) is 3.91. The Labute approximate surface area is 116 Å². The molecular weight excluding hydrogens is 283 g/mol. The third kappa shape index (κ3) is 5.51. The summed E-state index contributed by atoms with van der Waals surface area (Å²) < 4.78 is 16.6. The van der Waals surface area contributed by atoms with Crippen molar-refractivity contribution >= 4 is 13.6 Å². The molecule has 0 saturated carbocycles. The first-order valence-electron chi connectivity index (χ1n) is 5.78. The molecule has 20 heavy (non-hydrogen) atoms. The number of nitrogens with zero attached hydrogens (tertiary/aromatic N) is 1. The van der Waals surface area contributed by atoms with E-state index >= 15 is 0 Å². The number of carbonyl (C=O) groups is 1. The average Bonchev–Trinajstić information content (AvgIpc) is 2.43. The maximum absolute atomic E-state index is 11.7. The Morgan fingerprint density at radius 1 is 1.45 bits per heavy atom. The number of carboxylic acid groups (broad SMARTS) is 1. The molecule has 2 atom stereocenters. The fourth-order valence-corrected chi connectivity index (χ4v) is 2.43. The number of nitriles is 1. The summed E-state index contributed by atoms with van der Waals surface area (Å²) >= 11 is 0. The zero-order valence-corrected chi connectivity index (χ0v) is 11.5. The van der Waals surface area contributed by atoms with E-state index in [9.17, 15) is 14.3 Å². The van der Waals surface area contributed by atoms with Crippen molar-refractivity contribution in [2.24, 2.45) is 5.73 Å². The highest BCUT2D eigenvalue weighted by atomic mass is 31.2. The van der Waals surface area contributed by atoms with E-state index in [0.717, 1.165) is 0 Å². The molecule has 0 bridgehead atoms. The van der Waals surface area contributed by atoms with Crippen molar-refractivity contribution in [1.82, 2.24) is 0 Å². The highest BCUT2D eigenvalue weighted by Crippen LogP contribution is 2.43. The van der Waals surface area contributed by atoms with Gasteiger partial charge in [0.25, 0.3) is 0 Å². The number of rotatable bonds is 7. The van der Waals surface area contributed by atoms with Crippen LogP contribution in [0, 0.1) is 11.3 Å². The molecule has 108 valence electrons. The average molecular weight is 298 g/mol. The summed E-state index contributed by atoms with van der Waals surface area (Å²) in [7, 11) is -3.88. The van der Waals surface area contributed by atoms with Crippen molar-refractivity contribution in [1.29, 1.82) is 5.26 Å². The second kappa shape index (κ2) is 7.17. The molecule has 0 aliphatic rings. The van der Waals surface area contributed by atoms with Gasteiger partial charge in [-0.3, -0.25) is 9.36 Å². The molecule has 1 aromatic rings. The fraction of sp³-hybridized carbons (Fsp3) is 0.333. The second-order valence-corrected chi connectivity index (χ2v) is 6.16. The zero-order valence-electron chi connectivity index (χ0n) is 10.6. The molecule has 0 heterocycles. The number of hydrogen-bond acceptors (Lipinski definition) is 5. The van der Waals surface area contributed by atoms with Gasteiger partial charge in [-0.15, -0.1) is 0 Å². The van der Waals surface area contributed by atoms with Crippen molar-refractivity contribution in [3.05, 3.63) is 35.4 Å². The Bertz CT molecular complexity index is 552. The molecule has 0 aliphatic heterocycles. The quantitative estimate of drug-likeness (QED) is 0.641. The van der Waals surface area contributed by atoms with Gasteiger partial charge in [-0.25, -0.2) is 0 Å². The number of carboxylic acids is 1. The summed E-state index contributed by atoms with van der Waals surface area (Å²) in [6.45, 7) is -0.0954. The molecule has 0 saturated heterocycles. The van der Waals surface area contributed by atoms with Crippen LogP contribution in [0.5, 0.6) is 0 Å². The highest BCUT2D eigenvalue weighted by Gasteiger charge is 2.23. The molecule has 1 aromatic carbocycles. The van der Waals surface area contributed by atoms with Gasteiger partial charge in [-0.1, -0.05) is 12.1 Å². The zero-order chi connectivity index (χ0) is 15.2. The third-order valence-electron chi connectivity index (χ3n) is 2.56. The van der Waals surface area contributed by atoms with Crippen molar-refractivity contribution in [3.63, 3.8) is 0 Å². The molecule has 0 spiro atoms. The number of hydrogen-bond donors (Lipinski definition) is 3. The lowest BCUT2D eigenvalue weighted by Gasteiger charge is -2.13. The molecule has 0 aromatic heterocycles. The van der Waals surface area contributed by atoms with Gasteiger partial charge in [0.05, 0.1) is 24.4 Å². The summed E-state index contributed by atoms with van der Waals surface area (Å²) in [4.78, 5) is 20.0. The lowest BCUT2D eigenvalue weighted by molar-refractivity contribution is -0.138. The van der Waals surface area contributed by atoms with Gasteiger partial charge < -0.3 is 20.3 Å². The van der Waals surface area contributed by atoms with Gasteiger partial charge in [0.2, 0.25) is 0 Å². The summed E-state index contributed by atoms with van der Waals surface area (Å²) in [5, 5.41) is 17.2. The first-order valence-corrected chi connectivity index (χ1v) is 7.54. The molecular formula is C12H15N2O5P. The van der Waals surface area contributed by atoms with Crippen molar-refractivity contribution in [3.8, 4) is 6.07 Å². The van der Waals surface area contributed by atoms with E-state index in [4.69, 9.17) is 20.6 Å². The molecule has 0 amide bonds. The molecule has 1 rings (SSSR count). The largest absolute Gasteiger partial charge is 0.480 e. The Kier molecular flexibility index (Phi) is 5.86. The van der Waals surface area contributed by atoms with Crippen LogP contribution in [0.25, 0.3) is 0 Å². The lowest BCUT2D eigenvalue weighted by Crippen LogP contribution is -2.30. The minimum absolute atomic E-state index is 0.0954. The van der Waals surface area contributed by atoms with Crippen molar-refractivity contribution in [2.75, 3.05) is 6.16 Å². The second-order valence-electron chi connectivity index (χ2n) is 4.18. The van der Waals surface area contributed by atoms with Gasteiger partial charge in [0, 0.05) is 0 Å². The van der Waals surface area contributed by atoms with E-state index in [1.807, 2.05) is 6.07 Å². The van der Waals surface area contributed by atoms with E-state index in [1.54, 1.807) is 24.3 Å². The van der Waals surface area contributed by atoms with Gasteiger partial charge >= 0.3 is 13.6 Å². The summed E-state index contributed by atoms with van der Waals surface area (Å²) in [6, 6.07) is 7.14. The predicted octanol–water partition coefficient (Wildman–Crippen LogP) is 1.06. The van der Waals surface area contributed by atoms with Crippen molar-refractivity contribution < 1.29 is 23.9 Å². The smallest absolute Gasteiger partial charge is 0.328 e. The van der Waals surface area contributed by atoms with Crippen LogP contribution in [0.15, 0.2) is 24.3 Å². The SMILES string of the molecule is N#Cc1ccc(COP(=O)(O)CCC(N)C(=O)O)cc1. The highest BCUT2D eigenvalue weighted by molar-refractivity contribution is 7.52. The van der Waals surface area contributed by atoms with E-state index in [1.165, 1.54) is 0 Å². The fourth-order valence-electron chi connectivity index (χ4n) is 1.34. The number of aliphatic carboxylic acids is 1. The van der Waals surface area contributed by atoms with Crippen molar-refractivity contribution in [2.45, 2.75) is 19.1 Å². The first kappa shape index (κ1) is 16.3. The number of benzene rings is 1. The maximum Gasteiger partial charge on any atom is 0.328 e. The Morgan fingerprint density at radius 3 is 2.55 bits per heavy atom. The Morgan fingerprint density at radius 2 is 2.05 bits per heavy atom. The van der Waals surface area contributed by atoms with Gasteiger partial charge in [-0.05, 0) is 24.1 Å². The van der Waals surface area contributed by atoms with Crippen LogP contribution in [0.1, 0.15) is 17.5 Å². The molecule has 4 N–H and O–H groups in total. The molecule has 0 radical (unpaired) electrons. The first-order chi connectivity index (χ1) is 9.34. The van der Waals surface area contributed by atoms with Crippen LogP contribution in [0.3, 0.4) is 0 Å². The molecule has 7 nitrogen and oxygen atoms in total. The van der Waals surface area contributed by atoms with Crippen LogP contribution in [-0.4, -0.2) is 28.2 Å². The van der Waals surface area contributed by atoms with Crippen LogP contribution in [0.2, 0.25) is 0 Å². The minimum atomic E-state index is -3.88. The standard InChI is InChI=1S/C12H15N2O5P/c13-7-9-1-3-10(4-2-9)8-19-20(17,18)6-5-11(14)12(15)16/h1-4,11H,5-6,8,14H2,(H,15,16)(H,17,18). The molecule has 8 heteroatoms. The van der Waals surface area contributed by atoms with Gasteiger partial charge in [0.15, 0.2) is 0 Å². The molecule has 0 fully saturated rings. The van der Waals surface area contributed by atoms with E-state index < -0.39 is 19.6 Å². The molecule has 0 aliphatic carbocycles. The van der Waals surface area contributed by atoms with Crippen LogP contribution >= 0.6 is 7.60 Å².